The third-order valence-corrected chi connectivity index (χ3v) is 4.98. The van der Waals surface area contributed by atoms with E-state index in [1.54, 1.807) is 32.4 Å². The fourth-order valence-electron chi connectivity index (χ4n) is 3.59. The summed E-state index contributed by atoms with van der Waals surface area (Å²) in [6.07, 6.45) is 0.603. The zero-order valence-electron chi connectivity index (χ0n) is 18.7. The number of hydrogen-bond acceptors (Lipinski definition) is 6. The number of ether oxygens (including phenoxy) is 3. The molecule has 1 unspecified atom stereocenters. The van der Waals surface area contributed by atoms with Gasteiger partial charge in [-0.1, -0.05) is 0 Å². The van der Waals surface area contributed by atoms with Gasteiger partial charge in [0, 0.05) is 45.2 Å². The van der Waals surface area contributed by atoms with Crippen LogP contribution in [0.25, 0.3) is 0 Å². The molecule has 0 saturated heterocycles. The number of carbonyl (C=O) groups excluding carboxylic acids is 3. The van der Waals surface area contributed by atoms with E-state index >= 15 is 0 Å². The van der Waals surface area contributed by atoms with Crippen molar-refractivity contribution in [2.45, 2.75) is 53.6 Å². The molecule has 1 rings (SSSR count). The quantitative estimate of drug-likeness (QED) is 0.299. The van der Waals surface area contributed by atoms with E-state index in [0.29, 0.717) is 48.6 Å². The van der Waals surface area contributed by atoms with Crippen LogP contribution in [-0.4, -0.2) is 73.8 Å². The highest BCUT2D eigenvalue weighted by Crippen LogP contribution is 2.26. The third-order valence-electron chi connectivity index (χ3n) is 4.98. The van der Waals surface area contributed by atoms with Gasteiger partial charge < -0.3 is 23.7 Å². The van der Waals surface area contributed by atoms with Gasteiger partial charge in [0.25, 0.3) is 0 Å². The summed E-state index contributed by atoms with van der Waals surface area (Å²) in [4.78, 5) is 39.9. The topological polar surface area (TPSA) is 87.1 Å². The maximum Gasteiger partial charge on any atom is 0.355 e. The second kappa shape index (κ2) is 11.7. The second-order valence-corrected chi connectivity index (χ2v) is 6.81. The molecule has 8 nitrogen and oxygen atoms in total. The van der Waals surface area contributed by atoms with Gasteiger partial charge in [-0.25, -0.2) is 4.79 Å². The van der Waals surface area contributed by atoms with Crippen molar-refractivity contribution >= 4 is 17.7 Å². The summed E-state index contributed by atoms with van der Waals surface area (Å²) in [7, 11) is 3.03. The Morgan fingerprint density at radius 2 is 1.76 bits per heavy atom. The van der Waals surface area contributed by atoms with Crippen molar-refractivity contribution in [1.82, 2.24) is 9.47 Å². The minimum Gasteiger partial charge on any atom is -0.461 e. The molecule has 0 saturated carbocycles. The summed E-state index contributed by atoms with van der Waals surface area (Å²) in [5.41, 5.74) is 2.12. The maximum atomic E-state index is 13.4. The van der Waals surface area contributed by atoms with Crippen molar-refractivity contribution in [2.75, 3.05) is 40.6 Å². The Labute approximate surface area is 173 Å². The maximum absolute atomic E-state index is 13.4. The van der Waals surface area contributed by atoms with Gasteiger partial charge in [-0.05, 0) is 46.6 Å². The second-order valence-electron chi connectivity index (χ2n) is 6.81. The number of hydrogen-bond donors (Lipinski definition) is 0. The number of carbonyl (C=O) groups is 3. The van der Waals surface area contributed by atoms with Gasteiger partial charge in [0.05, 0.1) is 12.6 Å². The normalized spacial score (nSPS) is 12.0. The first-order valence-corrected chi connectivity index (χ1v) is 9.94. The highest BCUT2D eigenvalue weighted by atomic mass is 16.5. The van der Waals surface area contributed by atoms with E-state index in [9.17, 15) is 14.4 Å². The van der Waals surface area contributed by atoms with Crippen LogP contribution in [0.3, 0.4) is 0 Å². The lowest BCUT2D eigenvalue weighted by molar-refractivity contribution is -0.136. The molecule has 0 aromatic carbocycles. The molecule has 0 fully saturated rings. The van der Waals surface area contributed by atoms with Gasteiger partial charge in [-0.15, -0.1) is 0 Å². The summed E-state index contributed by atoms with van der Waals surface area (Å²) in [6, 6.07) is -0.699. The number of methoxy groups -OCH3 is 2. The average Bonchev–Trinajstić information content (AvgIpc) is 2.94. The van der Waals surface area contributed by atoms with Gasteiger partial charge in [-0.2, -0.15) is 0 Å². The molecule has 0 aliphatic heterocycles. The number of Topliss-reactive ketones (excluding diaryl/α,β-unsaturated/α-hetero) is 1. The molecule has 8 heteroatoms. The standard InChI is InChI=1S/C21H34N2O6/c1-8-22-15(4)18(14(3)19(22)21(26)29-9-2)20(25)16(5)23(11-10-12-27-6)17(24)13-28-7/h16H,8-13H2,1-7H3. The van der Waals surface area contributed by atoms with Gasteiger partial charge in [0.15, 0.2) is 5.78 Å². The Kier molecular flexibility index (Phi) is 10.0. The van der Waals surface area contributed by atoms with Crippen LogP contribution >= 0.6 is 0 Å². The Bertz CT molecular complexity index is 725. The molecule has 1 aromatic rings. The Hall–Kier alpha value is -2.19. The molecule has 29 heavy (non-hydrogen) atoms. The molecule has 0 aliphatic carbocycles. The number of amides is 1. The van der Waals surface area contributed by atoms with E-state index in [1.165, 1.54) is 12.0 Å². The molecule has 0 bridgehead atoms. The fraction of sp³-hybridized carbons (Fsp3) is 0.667. The minimum absolute atomic E-state index is 0.105. The molecule has 164 valence electrons. The Morgan fingerprint density at radius 1 is 1.10 bits per heavy atom. The Balaban J connectivity index is 3.31. The number of nitrogens with zero attached hydrogens (tertiary/aromatic N) is 2. The van der Waals surface area contributed by atoms with E-state index in [1.807, 2.05) is 13.8 Å². The van der Waals surface area contributed by atoms with Crippen LogP contribution in [-0.2, 0) is 25.5 Å². The Morgan fingerprint density at radius 3 is 2.28 bits per heavy atom. The van der Waals surface area contributed by atoms with Crippen LogP contribution in [0.15, 0.2) is 0 Å². The van der Waals surface area contributed by atoms with Crippen molar-refractivity contribution in [2.24, 2.45) is 0 Å². The summed E-state index contributed by atoms with van der Waals surface area (Å²) in [5, 5.41) is 0. The highest BCUT2D eigenvalue weighted by molar-refractivity contribution is 6.06. The lowest BCUT2D eigenvalue weighted by Gasteiger charge is -2.28. The summed E-state index contributed by atoms with van der Waals surface area (Å²) >= 11 is 0. The summed E-state index contributed by atoms with van der Waals surface area (Å²) in [6.45, 7) is 10.5. The first kappa shape index (κ1) is 24.8. The third kappa shape index (κ3) is 5.67. The van der Waals surface area contributed by atoms with Crippen molar-refractivity contribution < 1.29 is 28.6 Å². The predicted molar refractivity (Wildman–Crippen MR) is 109 cm³/mol. The van der Waals surface area contributed by atoms with Gasteiger partial charge in [0.2, 0.25) is 5.91 Å². The van der Waals surface area contributed by atoms with Crippen molar-refractivity contribution in [1.29, 1.82) is 0 Å². The largest absolute Gasteiger partial charge is 0.461 e. The van der Waals surface area contributed by atoms with E-state index in [4.69, 9.17) is 14.2 Å². The van der Waals surface area contributed by atoms with Crippen molar-refractivity contribution in [3.05, 3.63) is 22.5 Å². The summed E-state index contributed by atoms with van der Waals surface area (Å²) in [5.74, 6) is -0.922. The molecule has 0 radical (unpaired) electrons. The van der Waals surface area contributed by atoms with Crippen LogP contribution in [0.2, 0.25) is 0 Å². The molecule has 1 aromatic heterocycles. The van der Waals surface area contributed by atoms with Gasteiger partial charge in [-0.3, -0.25) is 9.59 Å². The lowest BCUT2D eigenvalue weighted by Crippen LogP contribution is -2.45. The summed E-state index contributed by atoms with van der Waals surface area (Å²) < 4.78 is 17.0. The van der Waals surface area contributed by atoms with Gasteiger partial charge in [0.1, 0.15) is 12.3 Å². The number of aromatic nitrogens is 1. The van der Waals surface area contributed by atoms with Crippen LogP contribution in [0.4, 0.5) is 0 Å². The van der Waals surface area contributed by atoms with Crippen LogP contribution in [0.1, 0.15) is 59.3 Å². The predicted octanol–water partition coefficient (Wildman–Crippen LogP) is 2.38. The van der Waals surface area contributed by atoms with Crippen LogP contribution < -0.4 is 0 Å². The number of esters is 1. The zero-order chi connectivity index (χ0) is 22.1. The van der Waals surface area contributed by atoms with Crippen LogP contribution in [0, 0.1) is 13.8 Å². The van der Waals surface area contributed by atoms with E-state index in [2.05, 4.69) is 0 Å². The van der Waals surface area contributed by atoms with Crippen molar-refractivity contribution in [3.63, 3.8) is 0 Å². The molecular weight excluding hydrogens is 376 g/mol. The van der Waals surface area contributed by atoms with Crippen molar-refractivity contribution in [3.8, 4) is 0 Å². The van der Waals surface area contributed by atoms with E-state index < -0.39 is 12.0 Å². The number of rotatable bonds is 12. The molecular formula is C21H34N2O6. The SMILES string of the molecule is CCOC(=O)c1c(C)c(C(=O)C(C)N(CCCOC)C(=O)COC)c(C)n1CC. The minimum atomic E-state index is -0.699. The first-order valence-electron chi connectivity index (χ1n) is 9.94. The fourth-order valence-corrected chi connectivity index (χ4v) is 3.59. The molecule has 1 amide bonds. The van der Waals surface area contributed by atoms with Crippen LogP contribution in [0.5, 0.6) is 0 Å². The lowest BCUT2D eigenvalue weighted by atomic mass is 9.99. The highest BCUT2D eigenvalue weighted by Gasteiger charge is 2.32. The smallest absolute Gasteiger partial charge is 0.355 e. The molecule has 1 atom stereocenters. The molecule has 1 heterocycles. The number of ketones is 1. The molecule has 0 N–H and O–H groups in total. The van der Waals surface area contributed by atoms with E-state index in [-0.39, 0.29) is 24.9 Å². The van der Waals surface area contributed by atoms with Gasteiger partial charge >= 0.3 is 5.97 Å². The van der Waals surface area contributed by atoms with E-state index in [0.717, 1.165) is 0 Å². The average molecular weight is 411 g/mol. The first-order chi connectivity index (χ1) is 13.8. The molecule has 0 spiro atoms. The molecule has 0 aliphatic rings. The zero-order valence-corrected chi connectivity index (χ0v) is 18.7. The monoisotopic (exact) mass is 410 g/mol.